The van der Waals surface area contributed by atoms with Gasteiger partial charge in [0.05, 0.1) is 24.4 Å². The second kappa shape index (κ2) is 6.43. The van der Waals surface area contributed by atoms with E-state index in [0.717, 1.165) is 17.8 Å². The minimum absolute atomic E-state index is 0.109. The molecule has 0 saturated carbocycles. The van der Waals surface area contributed by atoms with Crippen LogP contribution >= 0.6 is 0 Å². The lowest BCUT2D eigenvalue weighted by Crippen LogP contribution is -2.27. The fourth-order valence-corrected chi connectivity index (χ4v) is 2.30. The zero-order valence-electron chi connectivity index (χ0n) is 12.9. The molecule has 5 nitrogen and oxygen atoms in total. The first-order chi connectivity index (χ1) is 10.1. The number of amides is 1. The van der Waals surface area contributed by atoms with Crippen molar-refractivity contribution in [1.29, 1.82) is 0 Å². The van der Waals surface area contributed by atoms with Crippen molar-refractivity contribution in [2.45, 2.75) is 33.4 Å². The summed E-state index contributed by atoms with van der Waals surface area (Å²) in [6.07, 6.45) is 1.97. The molecular weight excluding hydrogens is 266 g/mol. The lowest BCUT2D eigenvalue weighted by Gasteiger charge is -2.14. The number of nitrogens with zero attached hydrogens (tertiary/aromatic N) is 2. The van der Waals surface area contributed by atoms with Crippen LogP contribution in [0.15, 0.2) is 30.5 Å². The first-order valence-corrected chi connectivity index (χ1v) is 7.04. The van der Waals surface area contributed by atoms with Crippen LogP contribution in [0.25, 0.3) is 0 Å². The predicted octanol–water partition coefficient (Wildman–Crippen LogP) is 2.71. The average Bonchev–Trinajstić information content (AvgIpc) is 2.88. The van der Waals surface area contributed by atoms with Gasteiger partial charge in [0.15, 0.2) is 0 Å². The Morgan fingerprint density at radius 2 is 2.14 bits per heavy atom. The highest BCUT2D eigenvalue weighted by Gasteiger charge is 2.17. The highest BCUT2D eigenvalue weighted by Crippen LogP contribution is 2.20. The summed E-state index contributed by atoms with van der Waals surface area (Å²) in [4.78, 5) is 12.4. The first-order valence-electron chi connectivity index (χ1n) is 7.04. The fourth-order valence-electron chi connectivity index (χ4n) is 2.30. The van der Waals surface area contributed by atoms with Gasteiger partial charge in [-0.1, -0.05) is 12.1 Å². The second-order valence-electron chi connectivity index (χ2n) is 4.92. The molecule has 0 saturated heterocycles. The molecule has 1 heterocycles. The van der Waals surface area contributed by atoms with Gasteiger partial charge in [-0.2, -0.15) is 5.10 Å². The van der Waals surface area contributed by atoms with Gasteiger partial charge in [-0.05, 0) is 32.9 Å². The molecule has 5 heteroatoms. The highest BCUT2D eigenvalue weighted by atomic mass is 16.5. The Kier molecular flexibility index (Phi) is 4.62. The molecule has 112 valence electrons. The third kappa shape index (κ3) is 3.24. The van der Waals surface area contributed by atoms with Crippen LogP contribution in [0, 0.1) is 6.92 Å². The van der Waals surface area contributed by atoms with E-state index in [1.54, 1.807) is 19.2 Å². The molecule has 0 spiro atoms. The number of rotatable bonds is 5. The van der Waals surface area contributed by atoms with Crippen LogP contribution < -0.4 is 10.1 Å². The second-order valence-corrected chi connectivity index (χ2v) is 4.92. The molecule has 2 rings (SSSR count). The Labute approximate surface area is 124 Å². The summed E-state index contributed by atoms with van der Waals surface area (Å²) in [5.41, 5.74) is 2.50. The van der Waals surface area contributed by atoms with Crippen molar-refractivity contribution in [1.82, 2.24) is 15.1 Å². The van der Waals surface area contributed by atoms with Crippen molar-refractivity contribution in [2.75, 3.05) is 7.11 Å². The third-order valence-electron chi connectivity index (χ3n) is 3.47. The predicted molar refractivity (Wildman–Crippen MR) is 81.5 cm³/mol. The van der Waals surface area contributed by atoms with E-state index in [4.69, 9.17) is 4.74 Å². The topological polar surface area (TPSA) is 56.2 Å². The van der Waals surface area contributed by atoms with Crippen molar-refractivity contribution in [3.05, 3.63) is 47.3 Å². The van der Waals surface area contributed by atoms with Crippen LogP contribution in [0.4, 0.5) is 0 Å². The summed E-state index contributed by atoms with van der Waals surface area (Å²) in [6.45, 7) is 6.76. The van der Waals surface area contributed by atoms with E-state index >= 15 is 0 Å². The maximum absolute atomic E-state index is 12.4. The van der Waals surface area contributed by atoms with E-state index in [0.29, 0.717) is 11.3 Å². The number of aromatic nitrogens is 2. The van der Waals surface area contributed by atoms with Crippen LogP contribution in [0.1, 0.15) is 41.5 Å². The molecule has 1 atom stereocenters. The van der Waals surface area contributed by atoms with Gasteiger partial charge in [0, 0.05) is 18.3 Å². The molecule has 0 bridgehead atoms. The minimum atomic E-state index is -0.149. The number of aryl methyl sites for hydroxylation is 2. The monoisotopic (exact) mass is 287 g/mol. The van der Waals surface area contributed by atoms with E-state index in [-0.39, 0.29) is 11.9 Å². The molecule has 0 aliphatic carbocycles. The largest absolute Gasteiger partial charge is 0.496 e. The van der Waals surface area contributed by atoms with Crippen molar-refractivity contribution in [3.8, 4) is 5.75 Å². The van der Waals surface area contributed by atoms with Crippen molar-refractivity contribution in [2.24, 2.45) is 0 Å². The number of ether oxygens (including phenoxy) is 1. The quantitative estimate of drug-likeness (QED) is 0.920. The molecule has 1 N–H and O–H groups in total. The summed E-state index contributed by atoms with van der Waals surface area (Å²) in [6, 6.07) is 7.09. The van der Waals surface area contributed by atoms with E-state index in [1.165, 1.54) is 0 Å². The number of para-hydroxylation sites is 1. The number of methoxy groups -OCH3 is 1. The summed E-state index contributed by atoms with van der Waals surface area (Å²) in [5, 5.41) is 7.40. The Hall–Kier alpha value is -2.30. The third-order valence-corrected chi connectivity index (χ3v) is 3.47. The van der Waals surface area contributed by atoms with Crippen LogP contribution in [0.3, 0.4) is 0 Å². The molecule has 21 heavy (non-hydrogen) atoms. The van der Waals surface area contributed by atoms with Gasteiger partial charge in [0.1, 0.15) is 5.75 Å². The first kappa shape index (κ1) is 15.1. The van der Waals surface area contributed by atoms with E-state index in [9.17, 15) is 4.79 Å². The lowest BCUT2D eigenvalue weighted by atomic mass is 10.1. The Morgan fingerprint density at radius 1 is 1.43 bits per heavy atom. The molecule has 1 amide bonds. The van der Waals surface area contributed by atoms with Gasteiger partial charge < -0.3 is 10.1 Å². The van der Waals surface area contributed by atoms with Gasteiger partial charge in [-0.3, -0.25) is 9.48 Å². The highest BCUT2D eigenvalue weighted by molar-refractivity contribution is 5.97. The average molecular weight is 287 g/mol. The van der Waals surface area contributed by atoms with Gasteiger partial charge in [0.2, 0.25) is 0 Å². The Morgan fingerprint density at radius 3 is 2.76 bits per heavy atom. The van der Waals surface area contributed by atoms with Crippen LogP contribution in [0.5, 0.6) is 5.75 Å². The molecule has 2 aromatic rings. The van der Waals surface area contributed by atoms with Gasteiger partial charge >= 0.3 is 0 Å². The van der Waals surface area contributed by atoms with E-state index in [1.807, 2.05) is 43.8 Å². The molecule has 1 unspecified atom stereocenters. The molecule has 0 aliphatic heterocycles. The number of hydrogen-bond acceptors (Lipinski definition) is 3. The minimum Gasteiger partial charge on any atom is -0.496 e. The van der Waals surface area contributed by atoms with E-state index < -0.39 is 0 Å². The summed E-state index contributed by atoms with van der Waals surface area (Å²) < 4.78 is 7.09. The SMILES string of the molecule is CCn1cc(C(C)NC(=O)c2ccccc2OC)c(C)n1. The summed E-state index contributed by atoms with van der Waals surface area (Å²) in [5.74, 6) is 0.423. The summed E-state index contributed by atoms with van der Waals surface area (Å²) in [7, 11) is 1.56. The van der Waals surface area contributed by atoms with Crippen LogP contribution in [-0.4, -0.2) is 22.8 Å². The Balaban J connectivity index is 2.16. The summed E-state index contributed by atoms with van der Waals surface area (Å²) >= 11 is 0. The van der Waals surface area contributed by atoms with Crippen molar-refractivity contribution in [3.63, 3.8) is 0 Å². The molecule has 0 fully saturated rings. The van der Waals surface area contributed by atoms with Crippen molar-refractivity contribution >= 4 is 5.91 Å². The van der Waals surface area contributed by atoms with Gasteiger partial charge in [-0.15, -0.1) is 0 Å². The molecule has 0 radical (unpaired) electrons. The normalized spacial score (nSPS) is 12.0. The van der Waals surface area contributed by atoms with Gasteiger partial charge in [0.25, 0.3) is 5.91 Å². The standard InChI is InChI=1S/C16H21N3O2/c1-5-19-10-14(12(3)18-19)11(2)17-16(20)13-8-6-7-9-15(13)21-4/h6-11H,5H2,1-4H3,(H,17,20). The molecule has 0 aliphatic rings. The van der Waals surface area contributed by atoms with Crippen molar-refractivity contribution < 1.29 is 9.53 Å². The zero-order valence-corrected chi connectivity index (χ0v) is 12.9. The van der Waals surface area contributed by atoms with Gasteiger partial charge in [-0.25, -0.2) is 0 Å². The molecular formula is C16H21N3O2. The molecule has 1 aromatic heterocycles. The maximum atomic E-state index is 12.4. The zero-order chi connectivity index (χ0) is 15.4. The van der Waals surface area contributed by atoms with Crippen LogP contribution in [0.2, 0.25) is 0 Å². The molecule has 1 aromatic carbocycles. The smallest absolute Gasteiger partial charge is 0.255 e. The maximum Gasteiger partial charge on any atom is 0.255 e. The number of hydrogen-bond donors (Lipinski definition) is 1. The number of carbonyl (C=O) groups is 1. The Bertz CT molecular complexity index is 634. The van der Waals surface area contributed by atoms with E-state index in [2.05, 4.69) is 10.4 Å². The number of benzene rings is 1. The number of nitrogens with one attached hydrogen (secondary N) is 1. The number of carbonyl (C=O) groups excluding carboxylic acids is 1. The lowest BCUT2D eigenvalue weighted by molar-refractivity contribution is 0.0937. The van der Waals surface area contributed by atoms with Crippen LogP contribution in [-0.2, 0) is 6.54 Å². The fraction of sp³-hybridized carbons (Fsp3) is 0.375.